The van der Waals surface area contributed by atoms with Gasteiger partial charge in [-0.15, -0.1) is 12.4 Å². The first kappa shape index (κ1) is 12.3. The Morgan fingerprint density at radius 1 is 1.25 bits per heavy atom. The number of ketones is 1. The average molecular weight is 246 g/mol. The molecule has 0 aromatic rings. The van der Waals surface area contributed by atoms with Gasteiger partial charge in [0.1, 0.15) is 5.78 Å². The molecule has 0 N–H and O–H groups in total. The van der Waals surface area contributed by atoms with Gasteiger partial charge in [-0.25, -0.2) is 0 Å². The minimum atomic E-state index is 0. The van der Waals surface area contributed by atoms with Crippen molar-refractivity contribution in [2.45, 2.75) is 19.3 Å². The van der Waals surface area contributed by atoms with E-state index in [4.69, 9.17) is 4.74 Å². The zero-order chi connectivity index (χ0) is 10.3. The van der Waals surface area contributed by atoms with Crippen molar-refractivity contribution >= 4 is 18.2 Å². The van der Waals surface area contributed by atoms with E-state index in [-0.39, 0.29) is 12.4 Å². The van der Waals surface area contributed by atoms with Crippen LogP contribution in [0.4, 0.5) is 0 Å². The Balaban J connectivity index is 0.000000963. The van der Waals surface area contributed by atoms with Crippen LogP contribution in [0.5, 0.6) is 0 Å². The lowest BCUT2D eigenvalue weighted by Crippen LogP contribution is -2.42. The molecule has 2 bridgehead atoms. The van der Waals surface area contributed by atoms with Crippen molar-refractivity contribution in [2.75, 3.05) is 32.8 Å². The molecule has 92 valence electrons. The average Bonchev–Trinajstić information content (AvgIpc) is 2.84. The van der Waals surface area contributed by atoms with Crippen LogP contribution in [0, 0.1) is 17.8 Å². The molecule has 2 aliphatic carbocycles. The fourth-order valence-corrected chi connectivity index (χ4v) is 3.48. The van der Waals surface area contributed by atoms with Gasteiger partial charge in [0.05, 0.1) is 13.2 Å². The van der Waals surface area contributed by atoms with Crippen LogP contribution < -0.4 is 0 Å². The summed E-state index contributed by atoms with van der Waals surface area (Å²) in [5.74, 6) is 2.07. The second-order valence-electron chi connectivity index (χ2n) is 5.19. The number of carbonyl (C=O) groups is 1. The lowest BCUT2D eigenvalue weighted by atomic mass is 9.87. The fraction of sp³-hybridized carbons (Fsp3) is 0.917. The van der Waals surface area contributed by atoms with Crippen LogP contribution in [-0.2, 0) is 9.53 Å². The number of ether oxygens (including phenoxy) is 1. The first-order valence-corrected chi connectivity index (χ1v) is 6.18. The number of Topliss-reactive ketones (excluding diaryl/α,β-unsaturated/α-hetero) is 1. The summed E-state index contributed by atoms with van der Waals surface area (Å²) < 4.78 is 5.33. The standard InChI is InChI=1S/C12H19NO2.ClH/c14-12-10-2-1-9(7-10)11(12)8-13-3-5-15-6-4-13;/h9-11H,1-8H2;1H/t9?,10-,11+;/m1./s1. The van der Waals surface area contributed by atoms with Gasteiger partial charge >= 0.3 is 0 Å². The Morgan fingerprint density at radius 3 is 2.62 bits per heavy atom. The van der Waals surface area contributed by atoms with E-state index in [0.717, 1.165) is 32.8 Å². The Morgan fingerprint density at radius 2 is 2.00 bits per heavy atom. The highest BCUT2D eigenvalue weighted by molar-refractivity contribution is 5.87. The number of morpholine rings is 1. The molecule has 1 unspecified atom stereocenters. The SMILES string of the molecule is Cl.O=C1[C@@H]2CCC(C2)[C@@H]1CN1CCOCC1. The van der Waals surface area contributed by atoms with Gasteiger partial charge in [-0.2, -0.15) is 0 Å². The second-order valence-corrected chi connectivity index (χ2v) is 5.19. The number of hydrogen-bond donors (Lipinski definition) is 0. The zero-order valence-electron chi connectivity index (χ0n) is 9.56. The first-order chi connectivity index (χ1) is 7.34. The highest BCUT2D eigenvalue weighted by Crippen LogP contribution is 2.46. The molecule has 2 saturated carbocycles. The van der Waals surface area contributed by atoms with Crippen LogP contribution in [0.15, 0.2) is 0 Å². The van der Waals surface area contributed by atoms with E-state index in [1.807, 2.05) is 0 Å². The third-order valence-corrected chi connectivity index (χ3v) is 4.37. The highest BCUT2D eigenvalue weighted by atomic mass is 35.5. The molecule has 4 heteroatoms. The van der Waals surface area contributed by atoms with Crippen LogP contribution in [0.25, 0.3) is 0 Å². The topological polar surface area (TPSA) is 29.5 Å². The highest BCUT2D eigenvalue weighted by Gasteiger charge is 2.46. The van der Waals surface area contributed by atoms with E-state index in [0.29, 0.717) is 23.5 Å². The number of nitrogens with zero attached hydrogens (tertiary/aromatic N) is 1. The molecule has 1 heterocycles. The van der Waals surface area contributed by atoms with Crippen LogP contribution in [0.1, 0.15) is 19.3 Å². The van der Waals surface area contributed by atoms with E-state index < -0.39 is 0 Å². The van der Waals surface area contributed by atoms with Crippen molar-refractivity contribution in [1.29, 1.82) is 0 Å². The molecule has 16 heavy (non-hydrogen) atoms. The van der Waals surface area contributed by atoms with Crippen molar-refractivity contribution in [3.63, 3.8) is 0 Å². The van der Waals surface area contributed by atoms with Crippen LogP contribution in [0.2, 0.25) is 0 Å². The quantitative estimate of drug-likeness (QED) is 0.736. The summed E-state index contributed by atoms with van der Waals surface area (Å²) in [6.07, 6.45) is 3.66. The van der Waals surface area contributed by atoms with E-state index in [1.165, 1.54) is 19.3 Å². The summed E-state index contributed by atoms with van der Waals surface area (Å²) >= 11 is 0. The molecule has 3 nitrogen and oxygen atoms in total. The molecule has 0 radical (unpaired) electrons. The molecular formula is C12H20ClNO2. The maximum Gasteiger partial charge on any atom is 0.140 e. The monoisotopic (exact) mass is 245 g/mol. The van der Waals surface area contributed by atoms with E-state index in [9.17, 15) is 4.79 Å². The number of fused-ring (bicyclic) bond motifs is 2. The van der Waals surface area contributed by atoms with Gasteiger partial charge in [0.2, 0.25) is 0 Å². The Labute approximate surface area is 103 Å². The first-order valence-electron chi connectivity index (χ1n) is 6.18. The predicted molar refractivity (Wildman–Crippen MR) is 63.8 cm³/mol. The molecule has 0 spiro atoms. The molecule has 0 aromatic heterocycles. The van der Waals surface area contributed by atoms with Gasteiger partial charge in [0.15, 0.2) is 0 Å². The van der Waals surface area contributed by atoms with Gasteiger partial charge in [-0.05, 0) is 25.2 Å². The Kier molecular flexibility index (Phi) is 3.88. The lowest BCUT2D eigenvalue weighted by Gasteiger charge is -2.31. The molecule has 1 saturated heterocycles. The third kappa shape index (κ3) is 2.13. The predicted octanol–water partition coefficient (Wildman–Crippen LogP) is 1.36. The number of hydrogen-bond acceptors (Lipinski definition) is 3. The van der Waals surface area contributed by atoms with E-state index in [1.54, 1.807) is 0 Å². The van der Waals surface area contributed by atoms with Crippen LogP contribution in [0.3, 0.4) is 0 Å². The molecule has 3 aliphatic rings. The Bertz CT molecular complexity index is 266. The second kappa shape index (κ2) is 5.03. The fourth-order valence-electron chi connectivity index (χ4n) is 3.48. The minimum absolute atomic E-state index is 0. The summed E-state index contributed by atoms with van der Waals surface area (Å²) in [6, 6.07) is 0. The summed E-state index contributed by atoms with van der Waals surface area (Å²) in [4.78, 5) is 14.4. The van der Waals surface area contributed by atoms with Crippen molar-refractivity contribution in [3.8, 4) is 0 Å². The van der Waals surface area contributed by atoms with Gasteiger partial charge < -0.3 is 4.74 Å². The lowest BCUT2D eigenvalue weighted by molar-refractivity contribution is -0.126. The number of rotatable bonds is 2. The molecular weight excluding hydrogens is 226 g/mol. The van der Waals surface area contributed by atoms with Gasteiger partial charge in [0, 0.05) is 31.5 Å². The molecule has 3 fully saturated rings. The molecule has 0 aromatic carbocycles. The maximum atomic E-state index is 12.0. The van der Waals surface area contributed by atoms with Crippen LogP contribution >= 0.6 is 12.4 Å². The van der Waals surface area contributed by atoms with Gasteiger partial charge in [0.25, 0.3) is 0 Å². The third-order valence-electron chi connectivity index (χ3n) is 4.37. The summed E-state index contributed by atoms with van der Waals surface area (Å²) in [5.41, 5.74) is 0. The van der Waals surface area contributed by atoms with E-state index >= 15 is 0 Å². The van der Waals surface area contributed by atoms with Crippen molar-refractivity contribution in [2.24, 2.45) is 17.8 Å². The van der Waals surface area contributed by atoms with Crippen molar-refractivity contribution in [3.05, 3.63) is 0 Å². The van der Waals surface area contributed by atoms with Gasteiger partial charge in [-0.1, -0.05) is 0 Å². The normalized spacial score (nSPS) is 38.8. The summed E-state index contributed by atoms with van der Waals surface area (Å²) in [7, 11) is 0. The smallest absolute Gasteiger partial charge is 0.140 e. The number of halogens is 1. The molecule has 1 aliphatic heterocycles. The van der Waals surface area contributed by atoms with Gasteiger partial charge in [-0.3, -0.25) is 9.69 Å². The summed E-state index contributed by atoms with van der Waals surface area (Å²) in [6.45, 7) is 4.72. The molecule has 3 atom stereocenters. The largest absolute Gasteiger partial charge is 0.379 e. The van der Waals surface area contributed by atoms with Crippen molar-refractivity contribution in [1.82, 2.24) is 4.90 Å². The molecule has 3 rings (SSSR count). The minimum Gasteiger partial charge on any atom is -0.379 e. The summed E-state index contributed by atoms with van der Waals surface area (Å²) in [5, 5.41) is 0. The molecule has 0 amide bonds. The Hall–Kier alpha value is -0.120. The van der Waals surface area contributed by atoms with Crippen LogP contribution in [-0.4, -0.2) is 43.5 Å². The zero-order valence-corrected chi connectivity index (χ0v) is 10.4. The van der Waals surface area contributed by atoms with E-state index in [2.05, 4.69) is 4.90 Å². The number of carbonyl (C=O) groups excluding carboxylic acids is 1. The van der Waals surface area contributed by atoms with Crippen molar-refractivity contribution < 1.29 is 9.53 Å². The maximum absolute atomic E-state index is 12.0.